The summed E-state index contributed by atoms with van der Waals surface area (Å²) in [6, 6.07) is 23.4. The molecule has 0 atom stereocenters. The van der Waals surface area contributed by atoms with Crippen molar-refractivity contribution < 1.29 is 14.0 Å². The molecule has 0 radical (unpaired) electrons. The number of rotatable bonds is 9. The van der Waals surface area contributed by atoms with Gasteiger partial charge in [0.15, 0.2) is 0 Å². The SMILES string of the molecule is Nc1cc(F)ccc1NC(=O)c1ccc(NCCCCNC(=O)C=C2c3ccccc3-c3ccccc32)nc1. The van der Waals surface area contributed by atoms with Crippen molar-refractivity contribution >= 4 is 34.6 Å². The molecule has 0 saturated carbocycles. The van der Waals surface area contributed by atoms with Crippen LogP contribution in [0.15, 0.2) is 91.1 Å². The number of nitrogens with two attached hydrogens (primary N) is 1. The van der Waals surface area contributed by atoms with E-state index >= 15 is 0 Å². The van der Waals surface area contributed by atoms with Crippen LogP contribution in [0.3, 0.4) is 0 Å². The number of hydrogen-bond donors (Lipinski definition) is 4. The number of nitrogen functional groups attached to an aromatic ring is 1. The van der Waals surface area contributed by atoms with Gasteiger partial charge in [-0.1, -0.05) is 48.5 Å². The largest absolute Gasteiger partial charge is 0.397 e. The van der Waals surface area contributed by atoms with Gasteiger partial charge in [0.05, 0.1) is 16.9 Å². The molecule has 196 valence electrons. The highest BCUT2D eigenvalue weighted by Crippen LogP contribution is 2.43. The molecule has 5 N–H and O–H groups in total. The topological polar surface area (TPSA) is 109 Å². The number of fused-ring (bicyclic) bond motifs is 3. The molecule has 1 aliphatic carbocycles. The number of hydrogen-bond acceptors (Lipinski definition) is 5. The van der Waals surface area contributed by atoms with E-state index in [2.05, 4.69) is 45.2 Å². The summed E-state index contributed by atoms with van der Waals surface area (Å²) < 4.78 is 13.2. The third-order valence-corrected chi connectivity index (χ3v) is 6.50. The van der Waals surface area contributed by atoms with Crippen LogP contribution < -0.4 is 21.7 Å². The molecule has 0 aliphatic heterocycles. The van der Waals surface area contributed by atoms with Crippen LogP contribution in [0.4, 0.5) is 21.6 Å². The van der Waals surface area contributed by atoms with Gasteiger partial charge >= 0.3 is 0 Å². The molecule has 3 aromatic carbocycles. The normalized spacial score (nSPS) is 11.4. The number of carbonyl (C=O) groups is 2. The molecule has 2 amide bonds. The average molecular weight is 522 g/mol. The fraction of sp³-hybridized carbons (Fsp3) is 0.129. The lowest BCUT2D eigenvalue weighted by Gasteiger charge is -2.09. The molecular formula is C31H28FN5O2. The van der Waals surface area contributed by atoms with Gasteiger partial charge in [-0.2, -0.15) is 0 Å². The Bertz CT molecular complexity index is 1500. The maximum Gasteiger partial charge on any atom is 0.257 e. The van der Waals surface area contributed by atoms with Crippen LogP contribution in [0.2, 0.25) is 0 Å². The molecule has 1 aromatic heterocycles. The van der Waals surface area contributed by atoms with Crippen molar-refractivity contribution in [2.24, 2.45) is 0 Å². The van der Waals surface area contributed by atoms with E-state index in [1.165, 1.54) is 18.3 Å². The molecule has 0 saturated heterocycles. The Morgan fingerprint density at radius 3 is 2.15 bits per heavy atom. The van der Waals surface area contributed by atoms with Gasteiger partial charge in [-0.15, -0.1) is 0 Å². The first kappa shape index (κ1) is 25.7. The molecule has 4 aromatic rings. The van der Waals surface area contributed by atoms with E-state index in [9.17, 15) is 14.0 Å². The smallest absolute Gasteiger partial charge is 0.257 e. The van der Waals surface area contributed by atoms with Crippen molar-refractivity contribution in [1.29, 1.82) is 0 Å². The van der Waals surface area contributed by atoms with Crippen LogP contribution in [0.5, 0.6) is 0 Å². The molecular weight excluding hydrogens is 493 g/mol. The molecule has 0 fully saturated rings. The highest BCUT2D eigenvalue weighted by Gasteiger charge is 2.23. The second-order valence-electron chi connectivity index (χ2n) is 9.19. The predicted octanol–water partition coefficient (Wildman–Crippen LogP) is 5.48. The third kappa shape index (κ3) is 5.96. The van der Waals surface area contributed by atoms with Gasteiger partial charge < -0.3 is 21.7 Å². The number of amides is 2. The quantitative estimate of drug-likeness (QED) is 0.117. The van der Waals surface area contributed by atoms with Crippen LogP contribution in [0.25, 0.3) is 16.7 Å². The maximum atomic E-state index is 13.2. The van der Waals surface area contributed by atoms with E-state index in [-0.39, 0.29) is 17.5 Å². The van der Waals surface area contributed by atoms with Crippen LogP contribution in [0, 0.1) is 5.82 Å². The van der Waals surface area contributed by atoms with E-state index in [1.807, 2.05) is 24.3 Å². The van der Waals surface area contributed by atoms with Crippen LogP contribution >= 0.6 is 0 Å². The summed E-state index contributed by atoms with van der Waals surface area (Å²) in [5, 5.41) is 8.85. The molecule has 1 heterocycles. The molecule has 5 rings (SSSR count). The summed E-state index contributed by atoms with van der Waals surface area (Å²) >= 11 is 0. The first-order valence-electron chi connectivity index (χ1n) is 12.7. The number of pyridine rings is 1. The summed E-state index contributed by atoms with van der Waals surface area (Å²) in [6.07, 6.45) is 4.78. The summed E-state index contributed by atoms with van der Waals surface area (Å²) in [4.78, 5) is 29.3. The Morgan fingerprint density at radius 2 is 1.51 bits per heavy atom. The van der Waals surface area contributed by atoms with Crippen molar-refractivity contribution in [1.82, 2.24) is 10.3 Å². The fourth-order valence-corrected chi connectivity index (χ4v) is 4.54. The standard InChI is InChI=1S/C31H28FN5O2/c32-21-12-13-28(27(33)17-21)37-31(39)20-11-14-29(36-19-20)34-15-5-6-16-35-30(38)18-26-24-9-3-1-7-22(24)23-8-2-4-10-25(23)26/h1-4,7-14,17-19H,5-6,15-16,33H2,(H,34,36)(H,35,38)(H,37,39). The van der Waals surface area contributed by atoms with Crippen molar-refractivity contribution in [3.05, 3.63) is 114 Å². The highest BCUT2D eigenvalue weighted by atomic mass is 19.1. The van der Waals surface area contributed by atoms with Gasteiger partial charge in [0.1, 0.15) is 11.6 Å². The molecule has 0 unspecified atom stereocenters. The zero-order valence-electron chi connectivity index (χ0n) is 21.2. The lowest BCUT2D eigenvalue weighted by Crippen LogP contribution is -2.23. The van der Waals surface area contributed by atoms with E-state index < -0.39 is 5.82 Å². The Hall–Kier alpha value is -4.98. The summed E-state index contributed by atoms with van der Waals surface area (Å²) in [6.45, 7) is 1.23. The Balaban J connectivity index is 1.05. The van der Waals surface area contributed by atoms with Crippen molar-refractivity contribution in [3.63, 3.8) is 0 Å². The van der Waals surface area contributed by atoms with E-state index in [1.54, 1.807) is 18.2 Å². The van der Waals surface area contributed by atoms with Gasteiger partial charge in [-0.25, -0.2) is 9.37 Å². The van der Waals surface area contributed by atoms with Crippen molar-refractivity contribution in [2.75, 3.05) is 29.5 Å². The second-order valence-corrected chi connectivity index (χ2v) is 9.19. The second kappa shape index (κ2) is 11.6. The van der Waals surface area contributed by atoms with Crippen molar-refractivity contribution in [3.8, 4) is 11.1 Å². The van der Waals surface area contributed by atoms with E-state index in [0.29, 0.717) is 30.2 Å². The van der Waals surface area contributed by atoms with Gasteiger partial charge in [0.25, 0.3) is 5.91 Å². The molecule has 7 nitrogen and oxygen atoms in total. The van der Waals surface area contributed by atoms with Gasteiger partial charge in [0, 0.05) is 25.4 Å². The molecule has 0 bridgehead atoms. The molecule has 1 aliphatic rings. The number of carbonyl (C=O) groups excluding carboxylic acids is 2. The first-order chi connectivity index (χ1) is 19.0. The summed E-state index contributed by atoms with van der Waals surface area (Å²) in [7, 11) is 0. The number of halogens is 1. The Morgan fingerprint density at radius 1 is 0.846 bits per heavy atom. The monoisotopic (exact) mass is 521 g/mol. The lowest BCUT2D eigenvalue weighted by atomic mass is 10.0. The zero-order chi connectivity index (χ0) is 27.2. The molecule has 0 spiro atoms. The van der Waals surface area contributed by atoms with E-state index in [0.717, 1.165) is 46.7 Å². The fourth-order valence-electron chi connectivity index (χ4n) is 4.54. The summed E-state index contributed by atoms with van der Waals surface area (Å²) in [5.74, 6) is -0.325. The Kier molecular flexibility index (Phi) is 7.63. The van der Waals surface area contributed by atoms with Gasteiger partial charge in [0.2, 0.25) is 5.91 Å². The number of benzene rings is 3. The van der Waals surface area contributed by atoms with Gasteiger partial charge in [-0.3, -0.25) is 9.59 Å². The van der Waals surface area contributed by atoms with Crippen LogP contribution in [-0.4, -0.2) is 29.9 Å². The molecule has 8 heteroatoms. The van der Waals surface area contributed by atoms with E-state index in [4.69, 9.17) is 5.73 Å². The maximum absolute atomic E-state index is 13.2. The number of aromatic nitrogens is 1. The van der Waals surface area contributed by atoms with Crippen LogP contribution in [0.1, 0.15) is 34.3 Å². The van der Waals surface area contributed by atoms with Crippen LogP contribution in [-0.2, 0) is 4.79 Å². The minimum absolute atomic E-state index is 0.109. The minimum atomic E-state index is -0.469. The van der Waals surface area contributed by atoms with Crippen molar-refractivity contribution in [2.45, 2.75) is 12.8 Å². The number of anilines is 3. The predicted molar refractivity (Wildman–Crippen MR) is 153 cm³/mol. The average Bonchev–Trinajstić information content (AvgIpc) is 3.26. The zero-order valence-corrected chi connectivity index (χ0v) is 21.2. The molecule has 39 heavy (non-hydrogen) atoms. The van der Waals surface area contributed by atoms with Gasteiger partial charge in [-0.05, 0) is 71.0 Å². The number of nitrogens with zero attached hydrogens (tertiary/aromatic N) is 1. The lowest BCUT2D eigenvalue weighted by molar-refractivity contribution is -0.116. The number of nitrogens with one attached hydrogen (secondary N) is 3. The number of unbranched alkanes of at least 4 members (excludes halogenated alkanes) is 1. The Labute approximate surface area is 226 Å². The highest BCUT2D eigenvalue weighted by molar-refractivity contribution is 6.08. The summed E-state index contributed by atoms with van der Waals surface area (Å²) in [5.41, 5.74) is 12.0. The first-order valence-corrected chi connectivity index (χ1v) is 12.7. The minimum Gasteiger partial charge on any atom is -0.397 e. The third-order valence-electron chi connectivity index (χ3n) is 6.50.